The van der Waals surface area contributed by atoms with Gasteiger partial charge in [-0.3, -0.25) is 4.79 Å². The van der Waals surface area contributed by atoms with E-state index < -0.39 is 0 Å². The van der Waals surface area contributed by atoms with Crippen molar-refractivity contribution in [2.75, 3.05) is 12.4 Å². The van der Waals surface area contributed by atoms with Crippen LogP contribution in [-0.4, -0.2) is 17.6 Å². The first-order valence-corrected chi connectivity index (χ1v) is 9.68. The smallest absolute Gasteiger partial charge is 0.227 e. The van der Waals surface area contributed by atoms with Gasteiger partial charge in [0.25, 0.3) is 0 Å². The molecule has 1 aliphatic rings. The lowest BCUT2D eigenvalue weighted by Gasteiger charge is -2.24. The lowest BCUT2D eigenvalue weighted by atomic mass is 9.85. The van der Waals surface area contributed by atoms with E-state index in [1.54, 1.807) is 7.11 Å². The van der Waals surface area contributed by atoms with E-state index in [-0.39, 0.29) is 11.8 Å². The molecule has 142 valence electrons. The van der Waals surface area contributed by atoms with Crippen molar-refractivity contribution in [1.29, 1.82) is 5.26 Å². The van der Waals surface area contributed by atoms with E-state index in [1.807, 2.05) is 42.5 Å². The number of hydrogen-bond acceptors (Lipinski definition) is 3. The van der Waals surface area contributed by atoms with E-state index in [4.69, 9.17) is 4.74 Å². The molecule has 1 amide bonds. The molecule has 0 spiro atoms. The number of hydrogen-bond donors (Lipinski definition) is 1. The van der Waals surface area contributed by atoms with Crippen LogP contribution < -0.4 is 10.1 Å². The maximum absolute atomic E-state index is 12.3. The Morgan fingerprint density at radius 3 is 2.75 bits per heavy atom. The van der Waals surface area contributed by atoms with Crippen LogP contribution in [0.15, 0.2) is 42.5 Å². The molecular weight excluding hydrogens is 350 g/mol. The standard InChI is InChI=1S/C23H23N3O2/c1-3-26-21-13-18(28-2)10-11-19(21)20(14-24)22(26)16-8-5-9-17(12-16)25-23(27)15-6-4-7-15/h5,8-13,15H,3-4,6-7H2,1-2H3,(H,25,27). The molecule has 1 heterocycles. The summed E-state index contributed by atoms with van der Waals surface area (Å²) in [5.41, 5.74) is 4.16. The third kappa shape index (κ3) is 3.01. The second kappa shape index (κ2) is 7.40. The van der Waals surface area contributed by atoms with Gasteiger partial charge >= 0.3 is 0 Å². The van der Waals surface area contributed by atoms with Crippen LogP contribution in [0.1, 0.15) is 31.7 Å². The van der Waals surface area contributed by atoms with Gasteiger partial charge in [0, 0.05) is 35.2 Å². The SMILES string of the molecule is CCn1c(-c2cccc(NC(=O)C3CCC3)c2)c(C#N)c2ccc(OC)cc21. The van der Waals surface area contributed by atoms with E-state index in [0.717, 1.165) is 59.4 Å². The highest BCUT2D eigenvalue weighted by Crippen LogP contribution is 2.36. The summed E-state index contributed by atoms with van der Waals surface area (Å²) in [5, 5.41) is 13.8. The molecule has 1 aromatic heterocycles. The Morgan fingerprint density at radius 1 is 1.29 bits per heavy atom. The summed E-state index contributed by atoms with van der Waals surface area (Å²) in [6.45, 7) is 2.78. The predicted octanol–water partition coefficient (Wildman–Crippen LogP) is 4.95. The maximum atomic E-state index is 12.3. The minimum Gasteiger partial charge on any atom is -0.497 e. The minimum atomic E-state index is 0.0877. The number of carbonyl (C=O) groups excluding carboxylic acids is 1. The number of nitrogens with zero attached hydrogens (tertiary/aromatic N) is 2. The van der Waals surface area contributed by atoms with Gasteiger partial charge in [-0.1, -0.05) is 18.6 Å². The number of fused-ring (bicyclic) bond motifs is 1. The van der Waals surface area contributed by atoms with Crippen molar-refractivity contribution in [3.8, 4) is 23.1 Å². The van der Waals surface area contributed by atoms with Gasteiger partial charge in [-0.2, -0.15) is 5.26 Å². The lowest BCUT2D eigenvalue weighted by Crippen LogP contribution is -2.28. The van der Waals surface area contributed by atoms with Crippen molar-refractivity contribution in [2.24, 2.45) is 5.92 Å². The number of benzene rings is 2. The highest BCUT2D eigenvalue weighted by molar-refractivity contribution is 5.97. The molecule has 0 radical (unpaired) electrons. The largest absolute Gasteiger partial charge is 0.497 e. The van der Waals surface area contributed by atoms with Crippen molar-refractivity contribution >= 4 is 22.5 Å². The average Bonchev–Trinajstić information content (AvgIpc) is 2.99. The van der Waals surface area contributed by atoms with E-state index in [1.165, 1.54) is 0 Å². The summed E-state index contributed by atoms with van der Waals surface area (Å²) in [5.74, 6) is 0.981. The second-order valence-electron chi connectivity index (χ2n) is 7.16. The molecule has 0 saturated heterocycles. The Balaban J connectivity index is 1.81. The van der Waals surface area contributed by atoms with Gasteiger partial charge < -0.3 is 14.6 Å². The van der Waals surface area contributed by atoms with Crippen LogP contribution in [0, 0.1) is 17.2 Å². The Kier molecular flexibility index (Phi) is 4.79. The number of ether oxygens (including phenoxy) is 1. The third-order valence-corrected chi connectivity index (χ3v) is 5.58. The zero-order valence-electron chi connectivity index (χ0n) is 16.2. The molecule has 0 unspecified atom stereocenters. The van der Waals surface area contributed by atoms with Gasteiger partial charge in [0.15, 0.2) is 0 Å². The van der Waals surface area contributed by atoms with Crippen LogP contribution in [0.2, 0.25) is 0 Å². The average molecular weight is 373 g/mol. The molecule has 1 aliphatic carbocycles. The first kappa shape index (κ1) is 18.1. The first-order valence-electron chi connectivity index (χ1n) is 9.68. The fraction of sp³-hybridized carbons (Fsp3) is 0.304. The molecule has 5 heteroatoms. The van der Waals surface area contributed by atoms with Gasteiger partial charge in [0.2, 0.25) is 5.91 Å². The Morgan fingerprint density at radius 2 is 2.11 bits per heavy atom. The Bertz CT molecular complexity index is 1090. The highest BCUT2D eigenvalue weighted by atomic mass is 16.5. The van der Waals surface area contributed by atoms with Crippen molar-refractivity contribution in [2.45, 2.75) is 32.7 Å². The summed E-state index contributed by atoms with van der Waals surface area (Å²) in [6, 6.07) is 15.9. The van der Waals surface area contributed by atoms with E-state index in [9.17, 15) is 10.1 Å². The fourth-order valence-electron chi connectivity index (χ4n) is 3.86. The van der Waals surface area contributed by atoms with Crippen molar-refractivity contribution < 1.29 is 9.53 Å². The minimum absolute atomic E-state index is 0.0877. The first-order chi connectivity index (χ1) is 13.7. The van der Waals surface area contributed by atoms with E-state index in [0.29, 0.717) is 5.56 Å². The van der Waals surface area contributed by atoms with Crippen molar-refractivity contribution in [1.82, 2.24) is 4.57 Å². The Hall–Kier alpha value is -3.26. The van der Waals surface area contributed by atoms with Gasteiger partial charge in [0.1, 0.15) is 11.8 Å². The summed E-state index contributed by atoms with van der Waals surface area (Å²) in [7, 11) is 1.64. The quantitative estimate of drug-likeness (QED) is 0.688. The van der Waals surface area contributed by atoms with Crippen LogP contribution >= 0.6 is 0 Å². The number of methoxy groups -OCH3 is 1. The number of carbonyl (C=O) groups is 1. The number of nitriles is 1. The molecule has 1 N–H and O–H groups in total. The van der Waals surface area contributed by atoms with Crippen LogP contribution in [0.3, 0.4) is 0 Å². The number of amides is 1. The maximum Gasteiger partial charge on any atom is 0.227 e. The molecular formula is C23H23N3O2. The van der Waals surface area contributed by atoms with Gasteiger partial charge in [-0.15, -0.1) is 0 Å². The van der Waals surface area contributed by atoms with Gasteiger partial charge in [-0.25, -0.2) is 0 Å². The molecule has 2 aromatic carbocycles. The second-order valence-corrected chi connectivity index (χ2v) is 7.16. The summed E-state index contributed by atoms with van der Waals surface area (Å²) < 4.78 is 7.50. The molecule has 28 heavy (non-hydrogen) atoms. The van der Waals surface area contributed by atoms with E-state index in [2.05, 4.69) is 22.9 Å². The number of anilines is 1. The normalized spacial score (nSPS) is 13.8. The van der Waals surface area contributed by atoms with Crippen LogP contribution in [0.4, 0.5) is 5.69 Å². The van der Waals surface area contributed by atoms with Crippen molar-refractivity contribution in [3.05, 3.63) is 48.0 Å². The summed E-state index contributed by atoms with van der Waals surface area (Å²) in [6.07, 6.45) is 3.07. The molecule has 0 atom stereocenters. The molecule has 1 saturated carbocycles. The molecule has 1 fully saturated rings. The topological polar surface area (TPSA) is 67.0 Å². The molecule has 0 bridgehead atoms. The zero-order valence-corrected chi connectivity index (χ0v) is 16.2. The molecule has 3 aromatic rings. The third-order valence-electron chi connectivity index (χ3n) is 5.58. The van der Waals surface area contributed by atoms with Crippen LogP contribution in [0.5, 0.6) is 5.75 Å². The molecule has 4 rings (SSSR count). The molecule has 5 nitrogen and oxygen atoms in total. The van der Waals surface area contributed by atoms with Gasteiger partial charge in [-0.05, 0) is 44.0 Å². The predicted molar refractivity (Wildman–Crippen MR) is 110 cm³/mol. The van der Waals surface area contributed by atoms with E-state index >= 15 is 0 Å². The summed E-state index contributed by atoms with van der Waals surface area (Å²) >= 11 is 0. The highest BCUT2D eigenvalue weighted by Gasteiger charge is 2.25. The van der Waals surface area contributed by atoms with Crippen LogP contribution in [-0.2, 0) is 11.3 Å². The number of aromatic nitrogens is 1. The summed E-state index contributed by atoms with van der Waals surface area (Å²) in [4.78, 5) is 12.3. The number of rotatable bonds is 5. The number of nitrogens with one attached hydrogen (secondary N) is 1. The van der Waals surface area contributed by atoms with Crippen LogP contribution in [0.25, 0.3) is 22.2 Å². The van der Waals surface area contributed by atoms with Crippen molar-refractivity contribution in [3.63, 3.8) is 0 Å². The lowest BCUT2D eigenvalue weighted by molar-refractivity contribution is -0.122. The number of aryl methyl sites for hydroxylation is 1. The molecule has 0 aliphatic heterocycles. The monoisotopic (exact) mass is 373 g/mol. The zero-order chi connectivity index (χ0) is 19.7. The van der Waals surface area contributed by atoms with Gasteiger partial charge in [0.05, 0.1) is 23.9 Å². The fourth-order valence-corrected chi connectivity index (χ4v) is 3.86. The Labute approximate surface area is 164 Å².